The molecule has 39 heavy (non-hydrogen) atoms. The Bertz CT molecular complexity index is 1030. The Morgan fingerprint density at radius 1 is 1.10 bits per heavy atom. The number of aliphatic hydroxyl groups excluding tert-OH is 1. The number of hydrogen-bond donors (Lipinski definition) is 6. The SMILES string of the molecule is C#CCOCc1cc(NC(=O)C(CCCNC(N)=O)NC(=O)C(NC(=O)OC(C)(C)C)C(C)C)ccc1CO. The molecule has 0 aliphatic heterocycles. The number of primary amides is 1. The minimum atomic E-state index is -1.01. The minimum absolute atomic E-state index is 0.0866. The van der Waals surface area contributed by atoms with Gasteiger partial charge in [-0.1, -0.05) is 25.8 Å². The minimum Gasteiger partial charge on any atom is -0.444 e. The summed E-state index contributed by atoms with van der Waals surface area (Å²) in [6.45, 7) is 8.81. The first-order chi connectivity index (χ1) is 18.3. The number of urea groups is 1. The summed E-state index contributed by atoms with van der Waals surface area (Å²) in [5, 5.41) is 20.1. The van der Waals surface area contributed by atoms with E-state index < -0.39 is 41.6 Å². The highest BCUT2D eigenvalue weighted by Crippen LogP contribution is 2.18. The van der Waals surface area contributed by atoms with Crippen LogP contribution >= 0.6 is 0 Å². The Morgan fingerprint density at radius 2 is 1.79 bits per heavy atom. The average Bonchev–Trinajstić information content (AvgIpc) is 2.83. The lowest BCUT2D eigenvalue weighted by molar-refractivity contribution is -0.128. The number of nitrogens with two attached hydrogens (primary N) is 1. The van der Waals surface area contributed by atoms with E-state index in [1.165, 1.54) is 0 Å². The molecule has 0 fully saturated rings. The molecule has 0 bridgehead atoms. The van der Waals surface area contributed by atoms with E-state index in [1.807, 2.05) is 0 Å². The number of hydrogen-bond acceptors (Lipinski definition) is 7. The molecule has 216 valence electrons. The van der Waals surface area contributed by atoms with E-state index in [-0.39, 0.29) is 38.7 Å². The third-order valence-corrected chi connectivity index (χ3v) is 5.31. The fraction of sp³-hybridized carbons (Fsp3) is 0.556. The van der Waals surface area contributed by atoms with E-state index in [0.29, 0.717) is 23.2 Å². The number of carbonyl (C=O) groups is 4. The van der Waals surface area contributed by atoms with Gasteiger partial charge in [0, 0.05) is 12.2 Å². The second kappa shape index (κ2) is 16.2. The van der Waals surface area contributed by atoms with Gasteiger partial charge in [0.25, 0.3) is 0 Å². The highest BCUT2D eigenvalue weighted by atomic mass is 16.6. The molecule has 0 aromatic heterocycles. The van der Waals surface area contributed by atoms with E-state index >= 15 is 0 Å². The third-order valence-electron chi connectivity index (χ3n) is 5.31. The van der Waals surface area contributed by atoms with Gasteiger partial charge in [-0.15, -0.1) is 6.42 Å². The fourth-order valence-electron chi connectivity index (χ4n) is 3.46. The summed E-state index contributed by atoms with van der Waals surface area (Å²) in [5.74, 6) is 0.962. The molecule has 0 radical (unpaired) electrons. The first-order valence-electron chi connectivity index (χ1n) is 12.6. The Kier molecular flexibility index (Phi) is 13.8. The predicted molar refractivity (Wildman–Crippen MR) is 146 cm³/mol. The van der Waals surface area contributed by atoms with Crippen molar-refractivity contribution < 1.29 is 33.8 Å². The normalized spacial score (nSPS) is 12.6. The molecule has 1 aromatic carbocycles. The van der Waals surface area contributed by atoms with Crippen LogP contribution in [-0.2, 0) is 32.3 Å². The first-order valence-corrected chi connectivity index (χ1v) is 12.6. The summed E-state index contributed by atoms with van der Waals surface area (Å²) >= 11 is 0. The second-order valence-corrected chi connectivity index (χ2v) is 10.2. The molecule has 0 saturated heterocycles. The van der Waals surface area contributed by atoms with Gasteiger partial charge in [-0.05, 0) is 62.8 Å². The number of alkyl carbamates (subject to hydrolysis) is 1. The molecule has 2 unspecified atom stereocenters. The van der Waals surface area contributed by atoms with E-state index in [4.69, 9.17) is 21.6 Å². The number of anilines is 1. The molecular formula is C27H41N5O7. The zero-order valence-corrected chi connectivity index (χ0v) is 23.3. The van der Waals surface area contributed by atoms with Crippen molar-refractivity contribution in [3.05, 3.63) is 29.3 Å². The molecule has 0 aliphatic rings. The average molecular weight is 548 g/mol. The van der Waals surface area contributed by atoms with Crippen molar-refractivity contribution in [2.24, 2.45) is 11.7 Å². The Balaban J connectivity index is 3.07. The highest BCUT2D eigenvalue weighted by molar-refractivity contribution is 5.98. The zero-order valence-electron chi connectivity index (χ0n) is 23.3. The standard InChI is InChI=1S/C27H41N5O7/c1-7-13-38-16-19-14-20(11-10-18(19)15-33)30-23(34)21(9-8-12-29-25(28)36)31-24(35)22(17(2)3)32-26(37)39-27(4,5)6/h1,10-11,14,17,21-22,33H,8-9,12-13,15-16H2,2-6H3,(H,30,34)(H,31,35)(H,32,37)(H3,28,29,36). The zero-order chi connectivity index (χ0) is 29.6. The Hall–Kier alpha value is -3.82. The Labute approximate surface area is 229 Å². The van der Waals surface area contributed by atoms with Crippen LogP contribution in [0.25, 0.3) is 0 Å². The van der Waals surface area contributed by atoms with Crippen LogP contribution in [0, 0.1) is 18.3 Å². The maximum absolute atomic E-state index is 13.2. The number of nitrogens with one attached hydrogen (secondary N) is 4. The number of terminal acetylenes is 1. The molecule has 0 saturated carbocycles. The lowest BCUT2D eigenvalue weighted by Crippen LogP contribution is -2.55. The number of amides is 5. The number of carbonyl (C=O) groups excluding carboxylic acids is 4. The van der Waals surface area contributed by atoms with Crippen LogP contribution < -0.4 is 27.0 Å². The summed E-state index contributed by atoms with van der Waals surface area (Å²) in [5.41, 5.74) is 6.01. The maximum Gasteiger partial charge on any atom is 0.408 e. The van der Waals surface area contributed by atoms with Gasteiger partial charge < -0.3 is 41.6 Å². The van der Waals surface area contributed by atoms with Crippen LogP contribution in [0.15, 0.2) is 18.2 Å². The molecule has 0 aliphatic carbocycles. The summed E-state index contributed by atoms with van der Waals surface area (Å²) in [6, 6.07) is 2.23. The van der Waals surface area contributed by atoms with E-state index in [1.54, 1.807) is 52.8 Å². The van der Waals surface area contributed by atoms with Gasteiger partial charge in [0.05, 0.1) is 13.2 Å². The predicted octanol–water partition coefficient (Wildman–Crippen LogP) is 1.75. The van der Waals surface area contributed by atoms with Gasteiger partial charge in [0.15, 0.2) is 0 Å². The largest absolute Gasteiger partial charge is 0.444 e. The summed E-state index contributed by atoms with van der Waals surface area (Å²) in [6.07, 6.45) is 4.96. The van der Waals surface area contributed by atoms with Gasteiger partial charge in [-0.25, -0.2) is 9.59 Å². The number of ether oxygens (including phenoxy) is 2. The van der Waals surface area contributed by atoms with Crippen molar-refractivity contribution in [3.63, 3.8) is 0 Å². The lowest BCUT2D eigenvalue weighted by atomic mass is 10.0. The number of rotatable bonds is 14. The van der Waals surface area contributed by atoms with Crippen molar-refractivity contribution in [2.45, 2.75) is 78.4 Å². The van der Waals surface area contributed by atoms with Crippen molar-refractivity contribution in [1.82, 2.24) is 16.0 Å². The molecular weight excluding hydrogens is 506 g/mol. The van der Waals surface area contributed by atoms with Crippen LogP contribution in [0.3, 0.4) is 0 Å². The summed E-state index contributed by atoms with van der Waals surface area (Å²) in [4.78, 5) is 49.7. The molecule has 0 spiro atoms. The third kappa shape index (κ3) is 13.0. The number of aliphatic hydroxyl groups is 1. The van der Waals surface area contributed by atoms with Crippen molar-refractivity contribution >= 4 is 29.6 Å². The van der Waals surface area contributed by atoms with Crippen molar-refractivity contribution in [1.29, 1.82) is 0 Å². The molecule has 2 atom stereocenters. The molecule has 1 rings (SSSR count). The van der Waals surface area contributed by atoms with Crippen LogP contribution in [0.4, 0.5) is 15.3 Å². The van der Waals surface area contributed by atoms with Crippen LogP contribution in [-0.4, -0.2) is 59.9 Å². The smallest absolute Gasteiger partial charge is 0.408 e. The van der Waals surface area contributed by atoms with E-state index in [2.05, 4.69) is 27.2 Å². The maximum atomic E-state index is 13.2. The summed E-state index contributed by atoms with van der Waals surface area (Å²) in [7, 11) is 0. The van der Waals surface area contributed by atoms with Gasteiger partial charge in [0.2, 0.25) is 11.8 Å². The van der Waals surface area contributed by atoms with Crippen LogP contribution in [0.2, 0.25) is 0 Å². The molecule has 0 heterocycles. The van der Waals surface area contributed by atoms with Crippen molar-refractivity contribution in [2.75, 3.05) is 18.5 Å². The lowest BCUT2D eigenvalue weighted by Gasteiger charge is -2.27. The molecule has 12 heteroatoms. The first kappa shape index (κ1) is 33.2. The molecule has 7 N–H and O–H groups in total. The molecule has 12 nitrogen and oxygen atoms in total. The van der Waals surface area contributed by atoms with Gasteiger partial charge in [-0.2, -0.15) is 0 Å². The van der Waals surface area contributed by atoms with Gasteiger partial charge in [-0.3, -0.25) is 9.59 Å². The molecule has 5 amide bonds. The van der Waals surface area contributed by atoms with Gasteiger partial charge in [0.1, 0.15) is 24.3 Å². The van der Waals surface area contributed by atoms with E-state index in [9.17, 15) is 24.3 Å². The second-order valence-electron chi connectivity index (χ2n) is 10.2. The topological polar surface area (TPSA) is 181 Å². The van der Waals surface area contributed by atoms with E-state index in [0.717, 1.165) is 0 Å². The molecule has 1 aromatic rings. The monoisotopic (exact) mass is 547 g/mol. The highest BCUT2D eigenvalue weighted by Gasteiger charge is 2.30. The van der Waals surface area contributed by atoms with Crippen molar-refractivity contribution in [3.8, 4) is 12.3 Å². The quantitative estimate of drug-likeness (QED) is 0.151. The number of benzene rings is 1. The van der Waals surface area contributed by atoms with Crippen LogP contribution in [0.5, 0.6) is 0 Å². The fourth-order valence-corrected chi connectivity index (χ4v) is 3.46. The van der Waals surface area contributed by atoms with Gasteiger partial charge >= 0.3 is 12.1 Å². The Morgan fingerprint density at radius 3 is 2.36 bits per heavy atom. The summed E-state index contributed by atoms with van der Waals surface area (Å²) < 4.78 is 10.6. The van der Waals surface area contributed by atoms with Crippen LogP contribution in [0.1, 0.15) is 58.6 Å².